The summed E-state index contributed by atoms with van der Waals surface area (Å²) in [6, 6.07) is 6.53. The van der Waals surface area contributed by atoms with Gasteiger partial charge in [0.05, 0.1) is 18.8 Å². The Balaban J connectivity index is 1.61. The summed E-state index contributed by atoms with van der Waals surface area (Å²) in [4.78, 5) is 28.1. The molecule has 1 amide bonds. The molecule has 0 aromatic heterocycles. The van der Waals surface area contributed by atoms with Crippen LogP contribution < -0.4 is 4.74 Å². The monoisotopic (exact) mass is 462 g/mol. The van der Waals surface area contributed by atoms with E-state index in [1.54, 1.807) is 36.2 Å². The number of unbranched alkanes of at least 4 members (excludes halogenated alkanes) is 3. The Labute approximate surface area is 199 Å². The predicted octanol–water partition coefficient (Wildman–Crippen LogP) is 5.13. The molecule has 1 aliphatic rings. The van der Waals surface area contributed by atoms with Crippen molar-refractivity contribution in [2.24, 2.45) is 0 Å². The van der Waals surface area contributed by atoms with Crippen molar-refractivity contribution < 1.29 is 23.8 Å². The first-order chi connectivity index (χ1) is 15.9. The van der Waals surface area contributed by atoms with Gasteiger partial charge in [-0.05, 0) is 89.3 Å². The molecule has 7 nitrogen and oxygen atoms in total. The van der Waals surface area contributed by atoms with Gasteiger partial charge >= 0.3 is 12.1 Å². The van der Waals surface area contributed by atoms with Crippen LogP contribution in [0, 0.1) is 0 Å². The molecule has 2 rings (SSSR count). The molecule has 0 radical (unpaired) electrons. The molecule has 1 aromatic rings. The van der Waals surface area contributed by atoms with Crippen LogP contribution in [0.5, 0.6) is 5.75 Å². The number of benzene rings is 1. The van der Waals surface area contributed by atoms with Gasteiger partial charge in [-0.3, -0.25) is 0 Å². The average Bonchev–Trinajstić information content (AvgIpc) is 2.84. The largest absolute Gasteiger partial charge is 0.465 e. The Morgan fingerprint density at radius 1 is 0.939 bits per heavy atom. The van der Waals surface area contributed by atoms with Gasteiger partial charge in [0.25, 0.3) is 0 Å². The minimum Gasteiger partial charge on any atom is -0.465 e. The number of amides is 1. The van der Waals surface area contributed by atoms with Crippen LogP contribution in [0.1, 0.15) is 75.1 Å². The van der Waals surface area contributed by atoms with Crippen LogP contribution in [0.25, 0.3) is 0 Å². The van der Waals surface area contributed by atoms with Crippen LogP contribution in [0.4, 0.5) is 4.79 Å². The molecule has 7 heteroatoms. The molecule has 186 valence electrons. The minimum atomic E-state index is -0.418. The highest BCUT2D eigenvalue weighted by atomic mass is 16.6. The van der Waals surface area contributed by atoms with Gasteiger partial charge in [0, 0.05) is 19.7 Å². The highest BCUT2D eigenvalue weighted by molar-refractivity contribution is 5.89. The lowest BCUT2D eigenvalue weighted by molar-refractivity contribution is 0.0101. The fourth-order valence-corrected chi connectivity index (χ4v) is 4.18. The highest BCUT2D eigenvalue weighted by Crippen LogP contribution is 2.25. The van der Waals surface area contributed by atoms with E-state index < -0.39 is 5.97 Å². The molecule has 33 heavy (non-hydrogen) atoms. The Kier molecular flexibility index (Phi) is 12.3. The van der Waals surface area contributed by atoms with Crippen molar-refractivity contribution in [3.63, 3.8) is 0 Å². The number of carbonyl (C=O) groups excluding carboxylic acids is 2. The van der Waals surface area contributed by atoms with E-state index in [-0.39, 0.29) is 12.1 Å². The lowest BCUT2D eigenvalue weighted by Gasteiger charge is -2.34. The summed E-state index contributed by atoms with van der Waals surface area (Å²) >= 11 is 0. The number of hydrogen-bond donors (Lipinski definition) is 0. The molecule has 1 fully saturated rings. The van der Waals surface area contributed by atoms with Crippen molar-refractivity contribution in [2.75, 3.05) is 40.9 Å². The SMILES string of the molecule is CCCCCN(C)CCCCO[C@H]1CC[C@H](N(C)C(=O)Oc2ccc(C(=O)OC)cc2)CC1. The first-order valence-electron chi connectivity index (χ1n) is 12.4. The van der Waals surface area contributed by atoms with Crippen molar-refractivity contribution in [3.05, 3.63) is 29.8 Å². The van der Waals surface area contributed by atoms with Crippen molar-refractivity contribution in [1.29, 1.82) is 0 Å². The molecular formula is C26H42N2O5. The number of hydrogen-bond acceptors (Lipinski definition) is 6. The zero-order chi connectivity index (χ0) is 24.1. The van der Waals surface area contributed by atoms with E-state index in [2.05, 4.69) is 23.6 Å². The second kappa shape index (κ2) is 14.9. The quantitative estimate of drug-likeness (QED) is 0.299. The summed E-state index contributed by atoms with van der Waals surface area (Å²) in [7, 11) is 5.32. The molecule has 1 saturated carbocycles. The molecular weight excluding hydrogens is 420 g/mol. The first kappa shape index (κ1) is 27.1. The Morgan fingerprint density at radius 2 is 1.58 bits per heavy atom. The maximum Gasteiger partial charge on any atom is 0.415 e. The van der Waals surface area contributed by atoms with E-state index >= 15 is 0 Å². The van der Waals surface area contributed by atoms with Crippen LogP contribution in [-0.4, -0.2) is 74.9 Å². The molecule has 0 bridgehead atoms. The van der Waals surface area contributed by atoms with Crippen LogP contribution in [0.15, 0.2) is 24.3 Å². The van der Waals surface area contributed by atoms with Gasteiger partial charge in [-0.1, -0.05) is 19.8 Å². The Bertz CT molecular complexity index is 701. The maximum atomic E-state index is 12.5. The molecule has 0 aliphatic heterocycles. The summed E-state index contributed by atoms with van der Waals surface area (Å²) in [5.74, 6) is -0.00810. The normalized spacial score (nSPS) is 18.2. The fraction of sp³-hybridized carbons (Fsp3) is 0.692. The predicted molar refractivity (Wildman–Crippen MR) is 130 cm³/mol. The second-order valence-corrected chi connectivity index (χ2v) is 9.01. The zero-order valence-corrected chi connectivity index (χ0v) is 20.9. The average molecular weight is 463 g/mol. The van der Waals surface area contributed by atoms with Crippen molar-refractivity contribution in [2.45, 2.75) is 76.9 Å². The summed E-state index contributed by atoms with van der Waals surface area (Å²) in [5.41, 5.74) is 0.419. The van der Waals surface area contributed by atoms with E-state index in [9.17, 15) is 9.59 Å². The summed E-state index contributed by atoms with van der Waals surface area (Å²) in [5, 5.41) is 0. The highest BCUT2D eigenvalue weighted by Gasteiger charge is 2.28. The van der Waals surface area contributed by atoms with E-state index in [1.165, 1.54) is 39.3 Å². The summed E-state index contributed by atoms with van der Waals surface area (Å²) < 4.78 is 16.2. The second-order valence-electron chi connectivity index (χ2n) is 9.01. The molecule has 0 N–H and O–H groups in total. The van der Waals surface area contributed by atoms with Crippen LogP contribution in [-0.2, 0) is 9.47 Å². The maximum absolute atomic E-state index is 12.5. The van der Waals surface area contributed by atoms with Gasteiger partial charge < -0.3 is 24.0 Å². The van der Waals surface area contributed by atoms with Gasteiger partial charge in [0.1, 0.15) is 5.75 Å². The number of nitrogens with zero attached hydrogens (tertiary/aromatic N) is 2. The lowest BCUT2D eigenvalue weighted by atomic mass is 9.92. The van der Waals surface area contributed by atoms with Crippen molar-refractivity contribution in [3.8, 4) is 5.75 Å². The van der Waals surface area contributed by atoms with Crippen LogP contribution in [0.2, 0.25) is 0 Å². The molecule has 0 atom stereocenters. The third-order valence-electron chi connectivity index (χ3n) is 6.39. The number of methoxy groups -OCH3 is 1. The Morgan fingerprint density at radius 3 is 2.18 bits per heavy atom. The molecule has 0 heterocycles. The zero-order valence-electron chi connectivity index (χ0n) is 20.9. The summed E-state index contributed by atoms with van der Waals surface area (Å²) in [6.45, 7) is 5.38. The lowest BCUT2D eigenvalue weighted by Crippen LogP contribution is -2.42. The topological polar surface area (TPSA) is 68.3 Å². The van der Waals surface area contributed by atoms with E-state index in [0.717, 1.165) is 45.3 Å². The number of carbonyl (C=O) groups is 2. The minimum absolute atomic E-state index is 0.156. The number of esters is 1. The van der Waals surface area contributed by atoms with Gasteiger partial charge in [-0.2, -0.15) is 0 Å². The molecule has 1 aliphatic carbocycles. The number of rotatable bonds is 13. The molecule has 0 spiro atoms. The van der Waals surface area contributed by atoms with Crippen molar-refractivity contribution >= 4 is 12.1 Å². The van der Waals surface area contributed by atoms with Gasteiger partial charge in [-0.25, -0.2) is 9.59 Å². The molecule has 0 unspecified atom stereocenters. The molecule has 1 aromatic carbocycles. The van der Waals surface area contributed by atoms with E-state index in [4.69, 9.17) is 9.47 Å². The van der Waals surface area contributed by atoms with E-state index in [1.807, 2.05) is 0 Å². The first-order valence-corrected chi connectivity index (χ1v) is 12.4. The smallest absolute Gasteiger partial charge is 0.415 e. The van der Waals surface area contributed by atoms with Gasteiger partial charge in [0.15, 0.2) is 0 Å². The van der Waals surface area contributed by atoms with Crippen molar-refractivity contribution in [1.82, 2.24) is 9.80 Å². The standard InChI is InChI=1S/C26H42N2O5/c1-5-6-7-18-27(2)19-8-9-20-32-23-16-12-22(13-17-23)28(3)26(30)33-24-14-10-21(11-15-24)25(29)31-4/h10-11,14-15,22-23H,5-9,12-13,16-20H2,1-4H3/t22-,23-. The summed E-state index contributed by atoms with van der Waals surface area (Å²) in [6.07, 6.45) is 9.81. The third-order valence-corrected chi connectivity index (χ3v) is 6.39. The number of ether oxygens (including phenoxy) is 3. The van der Waals surface area contributed by atoms with Gasteiger partial charge in [0.2, 0.25) is 0 Å². The van der Waals surface area contributed by atoms with Crippen LogP contribution in [0.3, 0.4) is 0 Å². The molecule has 0 saturated heterocycles. The Hall–Kier alpha value is -2.12. The van der Waals surface area contributed by atoms with Gasteiger partial charge in [-0.15, -0.1) is 0 Å². The fourth-order valence-electron chi connectivity index (χ4n) is 4.18. The third kappa shape index (κ3) is 9.72. The van der Waals surface area contributed by atoms with Crippen LogP contribution >= 0.6 is 0 Å². The van der Waals surface area contributed by atoms with E-state index in [0.29, 0.717) is 17.4 Å².